The second-order valence-electron chi connectivity index (χ2n) is 9.87. The van der Waals surface area contributed by atoms with E-state index < -0.39 is 10.0 Å². The monoisotopic (exact) mass is 517 g/mol. The van der Waals surface area contributed by atoms with Gasteiger partial charge >= 0.3 is 0 Å². The van der Waals surface area contributed by atoms with Crippen LogP contribution < -0.4 is 0 Å². The molecule has 3 aromatic carbocycles. The van der Waals surface area contributed by atoms with E-state index in [4.69, 9.17) is 0 Å². The van der Waals surface area contributed by atoms with Crippen LogP contribution in [0.5, 0.6) is 0 Å². The zero-order valence-corrected chi connectivity index (χ0v) is 22.8. The van der Waals surface area contributed by atoms with Crippen LogP contribution in [0.25, 0.3) is 10.9 Å². The number of H-pyrrole nitrogens is 1. The summed E-state index contributed by atoms with van der Waals surface area (Å²) in [6, 6.07) is 22.6. The van der Waals surface area contributed by atoms with E-state index in [1.807, 2.05) is 62.5 Å². The van der Waals surface area contributed by atoms with Crippen molar-refractivity contribution in [1.29, 1.82) is 0 Å². The molecule has 0 radical (unpaired) electrons. The van der Waals surface area contributed by atoms with Gasteiger partial charge in [-0.1, -0.05) is 65.7 Å². The van der Waals surface area contributed by atoms with Gasteiger partial charge in [-0.2, -0.15) is 4.31 Å². The molecule has 0 unspecified atom stereocenters. The summed E-state index contributed by atoms with van der Waals surface area (Å²) < 4.78 is 28.3. The fraction of sp³-hybridized carbons (Fsp3) is 0.300. The van der Waals surface area contributed by atoms with Gasteiger partial charge in [-0.25, -0.2) is 8.42 Å². The number of amides is 1. The number of aromatic nitrogens is 1. The zero-order chi connectivity index (χ0) is 26.6. The van der Waals surface area contributed by atoms with Crippen molar-refractivity contribution >= 4 is 26.8 Å². The van der Waals surface area contributed by atoms with Gasteiger partial charge in [0.25, 0.3) is 0 Å². The van der Waals surface area contributed by atoms with Crippen molar-refractivity contribution in [1.82, 2.24) is 14.2 Å². The smallest absolute Gasteiger partial charge is 0.243 e. The Labute approximate surface area is 220 Å². The normalized spacial score (nSPS) is 11.9. The van der Waals surface area contributed by atoms with Gasteiger partial charge in [0.1, 0.15) is 0 Å². The van der Waals surface area contributed by atoms with Crippen LogP contribution in [0.3, 0.4) is 0 Å². The van der Waals surface area contributed by atoms with Crippen LogP contribution in [0, 0.1) is 13.8 Å². The fourth-order valence-corrected chi connectivity index (χ4v) is 6.01. The van der Waals surface area contributed by atoms with E-state index in [2.05, 4.69) is 11.1 Å². The number of aromatic amines is 1. The van der Waals surface area contributed by atoms with E-state index in [-0.39, 0.29) is 23.4 Å². The number of benzene rings is 3. The summed E-state index contributed by atoms with van der Waals surface area (Å²) in [7, 11) is -3.83. The number of fused-ring (bicyclic) bond motifs is 1. The molecule has 1 N–H and O–H groups in total. The van der Waals surface area contributed by atoms with Gasteiger partial charge in [-0.15, -0.1) is 0 Å². The summed E-state index contributed by atoms with van der Waals surface area (Å²) in [5, 5.41) is 1.14. The molecule has 194 valence electrons. The molecular weight excluding hydrogens is 482 g/mol. The van der Waals surface area contributed by atoms with Gasteiger partial charge in [0.05, 0.1) is 11.4 Å². The maximum absolute atomic E-state index is 13.7. The summed E-state index contributed by atoms with van der Waals surface area (Å²) in [5.41, 5.74) is 5.33. The Morgan fingerprint density at radius 3 is 2.16 bits per heavy atom. The Morgan fingerprint density at radius 1 is 0.892 bits per heavy atom. The molecule has 0 spiro atoms. The molecular formula is C30H35N3O3S. The van der Waals surface area contributed by atoms with Crippen LogP contribution in [-0.4, -0.2) is 47.6 Å². The predicted molar refractivity (Wildman–Crippen MR) is 149 cm³/mol. The van der Waals surface area contributed by atoms with Crippen LogP contribution in [-0.2, 0) is 27.8 Å². The minimum absolute atomic E-state index is 0.198. The van der Waals surface area contributed by atoms with Crippen LogP contribution in [0.15, 0.2) is 83.9 Å². The molecule has 0 fully saturated rings. The van der Waals surface area contributed by atoms with Gasteiger partial charge in [-0.3, -0.25) is 4.79 Å². The Hall–Kier alpha value is -3.42. The molecule has 0 aliphatic rings. The maximum atomic E-state index is 13.7. The number of para-hydroxylation sites is 1. The van der Waals surface area contributed by atoms with E-state index >= 15 is 0 Å². The number of sulfonamides is 1. The third kappa shape index (κ3) is 6.29. The minimum atomic E-state index is -3.83. The highest BCUT2D eigenvalue weighted by atomic mass is 32.2. The summed E-state index contributed by atoms with van der Waals surface area (Å²) in [5.74, 6) is -0.218. The average molecular weight is 518 g/mol. The van der Waals surface area contributed by atoms with Crippen LogP contribution in [0.4, 0.5) is 0 Å². The lowest BCUT2D eigenvalue weighted by atomic mass is 10.1. The van der Waals surface area contributed by atoms with Gasteiger partial charge in [0.2, 0.25) is 15.9 Å². The molecule has 0 atom stereocenters. The fourth-order valence-electron chi connectivity index (χ4n) is 4.42. The van der Waals surface area contributed by atoms with Crippen molar-refractivity contribution in [3.05, 3.63) is 101 Å². The first-order valence-corrected chi connectivity index (χ1v) is 14.1. The van der Waals surface area contributed by atoms with Crippen LogP contribution in [0.1, 0.15) is 36.1 Å². The topological polar surface area (TPSA) is 73.5 Å². The summed E-state index contributed by atoms with van der Waals surface area (Å²) >= 11 is 0. The second kappa shape index (κ2) is 11.3. The zero-order valence-electron chi connectivity index (χ0n) is 21.9. The number of hydrogen-bond donors (Lipinski definition) is 1. The molecule has 4 rings (SSSR count). The number of hydrogen-bond acceptors (Lipinski definition) is 3. The number of carbonyl (C=O) groups is 1. The van der Waals surface area contributed by atoms with Crippen molar-refractivity contribution in [2.45, 2.75) is 51.6 Å². The number of nitrogens with one attached hydrogen (secondary N) is 1. The Morgan fingerprint density at radius 2 is 1.51 bits per heavy atom. The first-order valence-electron chi connectivity index (χ1n) is 12.6. The van der Waals surface area contributed by atoms with Crippen molar-refractivity contribution in [2.75, 3.05) is 13.1 Å². The van der Waals surface area contributed by atoms with Crippen molar-refractivity contribution in [2.24, 2.45) is 0 Å². The van der Waals surface area contributed by atoms with Crippen molar-refractivity contribution in [3.8, 4) is 0 Å². The third-order valence-corrected chi connectivity index (χ3v) is 8.70. The Balaban J connectivity index is 1.58. The summed E-state index contributed by atoms with van der Waals surface area (Å²) in [4.78, 5) is 19.0. The number of rotatable bonds is 10. The molecule has 1 aromatic heterocycles. The average Bonchev–Trinajstić information content (AvgIpc) is 3.29. The van der Waals surface area contributed by atoms with E-state index in [0.717, 1.165) is 33.2 Å². The van der Waals surface area contributed by atoms with E-state index in [1.165, 1.54) is 4.31 Å². The number of nitrogens with zero attached hydrogens (tertiary/aromatic N) is 2. The Bertz CT molecular complexity index is 1460. The SMILES string of the molecule is Cc1ccc(CN(CCc2c[nH]c3ccccc23)C(=O)CN(C(C)C)S(=O)(=O)c2ccc(C)cc2)cc1. The first kappa shape index (κ1) is 26.6. The van der Waals surface area contributed by atoms with Crippen molar-refractivity contribution in [3.63, 3.8) is 0 Å². The first-order chi connectivity index (χ1) is 17.6. The molecule has 1 amide bonds. The largest absolute Gasteiger partial charge is 0.361 e. The molecule has 0 aliphatic carbocycles. The van der Waals surface area contributed by atoms with Crippen molar-refractivity contribution < 1.29 is 13.2 Å². The van der Waals surface area contributed by atoms with Gasteiger partial charge in [0, 0.05) is 36.2 Å². The van der Waals surface area contributed by atoms with Crippen LogP contribution >= 0.6 is 0 Å². The van der Waals surface area contributed by atoms with E-state index in [1.54, 1.807) is 43.0 Å². The van der Waals surface area contributed by atoms with E-state index in [0.29, 0.717) is 19.5 Å². The van der Waals surface area contributed by atoms with Gasteiger partial charge < -0.3 is 9.88 Å². The quantitative estimate of drug-likeness (QED) is 0.304. The molecule has 0 aliphatic heterocycles. The lowest BCUT2D eigenvalue weighted by molar-refractivity contribution is -0.132. The number of carbonyl (C=O) groups excluding carboxylic acids is 1. The highest BCUT2D eigenvalue weighted by Crippen LogP contribution is 2.21. The lowest BCUT2D eigenvalue weighted by Gasteiger charge is -2.29. The molecule has 0 saturated heterocycles. The standard InChI is InChI=1S/C30H35N3O3S/c1-22(2)33(37(35,36)27-15-11-24(4)12-16-27)21-30(34)32(20-25-13-9-23(3)10-14-25)18-17-26-19-31-29-8-6-5-7-28(26)29/h5-16,19,22,31H,17-18,20-21H2,1-4H3. The van der Waals surface area contributed by atoms with E-state index in [9.17, 15) is 13.2 Å². The highest BCUT2D eigenvalue weighted by molar-refractivity contribution is 7.89. The molecule has 0 bridgehead atoms. The molecule has 1 heterocycles. The Kier molecular flexibility index (Phi) is 8.15. The lowest BCUT2D eigenvalue weighted by Crippen LogP contribution is -2.46. The molecule has 4 aromatic rings. The predicted octanol–water partition coefficient (Wildman–Crippen LogP) is 5.46. The second-order valence-corrected chi connectivity index (χ2v) is 11.8. The maximum Gasteiger partial charge on any atom is 0.243 e. The highest BCUT2D eigenvalue weighted by Gasteiger charge is 2.30. The molecule has 7 heteroatoms. The summed E-state index contributed by atoms with van der Waals surface area (Å²) in [6.45, 7) is 8.22. The number of aryl methyl sites for hydroxylation is 2. The van der Waals surface area contributed by atoms with Gasteiger partial charge in [0.15, 0.2) is 0 Å². The minimum Gasteiger partial charge on any atom is -0.361 e. The molecule has 0 saturated carbocycles. The van der Waals surface area contributed by atoms with Crippen LogP contribution in [0.2, 0.25) is 0 Å². The van der Waals surface area contributed by atoms with Gasteiger partial charge in [-0.05, 0) is 63.4 Å². The molecule has 6 nitrogen and oxygen atoms in total. The summed E-state index contributed by atoms with van der Waals surface area (Å²) in [6.07, 6.45) is 2.65. The third-order valence-electron chi connectivity index (χ3n) is 6.67. The molecule has 37 heavy (non-hydrogen) atoms.